The standard InChI is InChI=1S/C20H23ClN2O2/c1-14(25-18-11-7-16(8-12-18)20(2,3)4)19(24)23-22-13-15-5-9-17(21)10-6-15/h5-14H,1-4H3,(H,23,24)/b22-13+. The molecule has 0 heterocycles. The van der Waals surface area contributed by atoms with Gasteiger partial charge in [-0.05, 0) is 47.7 Å². The fourth-order valence-corrected chi connectivity index (χ4v) is 2.23. The molecule has 2 aromatic rings. The number of hydrogen-bond acceptors (Lipinski definition) is 3. The van der Waals surface area contributed by atoms with Crippen molar-refractivity contribution in [2.24, 2.45) is 5.10 Å². The average molecular weight is 359 g/mol. The van der Waals surface area contributed by atoms with Crippen molar-refractivity contribution in [1.82, 2.24) is 5.43 Å². The molecule has 1 unspecified atom stereocenters. The summed E-state index contributed by atoms with van der Waals surface area (Å²) in [5.41, 5.74) is 4.61. The normalized spacial score (nSPS) is 12.8. The van der Waals surface area contributed by atoms with Crippen molar-refractivity contribution >= 4 is 23.7 Å². The van der Waals surface area contributed by atoms with Gasteiger partial charge in [0.15, 0.2) is 6.10 Å². The molecule has 0 aromatic heterocycles. The van der Waals surface area contributed by atoms with Gasteiger partial charge in [0.05, 0.1) is 6.21 Å². The van der Waals surface area contributed by atoms with Crippen LogP contribution in [0.1, 0.15) is 38.8 Å². The van der Waals surface area contributed by atoms with E-state index in [9.17, 15) is 4.79 Å². The fourth-order valence-electron chi connectivity index (χ4n) is 2.10. The van der Waals surface area contributed by atoms with Crippen LogP contribution in [0.25, 0.3) is 0 Å². The van der Waals surface area contributed by atoms with Crippen LogP contribution in [-0.2, 0) is 10.2 Å². The van der Waals surface area contributed by atoms with E-state index in [2.05, 4.69) is 31.3 Å². The second-order valence-corrected chi connectivity index (χ2v) is 7.26. The number of ether oxygens (including phenoxy) is 1. The highest BCUT2D eigenvalue weighted by atomic mass is 35.5. The molecular formula is C20H23ClN2O2. The number of amides is 1. The first kappa shape index (κ1) is 19.0. The Balaban J connectivity index is 1.88. The lowest BCUT2D eigenvalue weighted by Gasteiger charge is -2.19. The fraction of sp³-hybridized carbons (Fsp3) is 0.300. The molecule has 0 saturated carbocycles. The SMILES string of the molecule is CC(Oc1ccc(C(C)(C)C)cc1)C(=O)N/N=C/c1ccc(Cl)cc1. The quantitative estimate of drug-likeness (QED) is 0.629. The predicted octanol–water partition coefficient (Wildman–Crippen LogP) is 4.56. The predicted molar refractivity (Wildman–Crippen MR) is 102 cm³/mol. The number of nitrogens with zero attached hydrogens (tertiary/aromatic N) is 1. The van der Waals surface area contributed by atoms with E-state index in [0.29, 0.717) is 10.8 Å². The van der Waals surface area contributed by atoms with E-state index in [1.54, 1.807) is 25.3 Å². The van der Waals surface area contributed by atoms with Crippen molar-refractivity contribution in [2.45, 2.75) is 39.2 Å². The summed E-state index contributed by atoms with van der Waals surface area (Å²) in [4.78, 5) is 12.0. The van der Waals surface area contributed by atoms with Crippen molar-refractivity contribution in [2.75, 3.05) is 0 Å². The second-order valence-electron chi connectivity index (χ2n) is 6.82. The average Bonchev–Trinajstić information content (AvgIpc) is 2.56. The Morgan fingerprint density at radius 1 is 1.12 bits per heavy atom. The number of rotatable bonds is 5. The zero-order chi connectivity index (χ0) is 18.4. The van der Waals surface area contributed by atoms with Gasteiger partial charge in [-0.25, -0.2) is 5.43 Å². The van der Waals surface area contributed by atoms with Crippen molar-refractivity contribution in [3.05, 3.63) is 64.7 Å². The minimum Gasteiger partial charge on any atom is -0.481 e. The minimum absolute atomic E-state index is 0.0813. The number of hydrogen-bond donors (Lipinski definition) is 1. The molecule has 1 N–H and O–H groups in total. The number of benzene rings is 2. The second kappa shape index (κ2) is 8.17. The molecule has 0 aliphatic carbocycles. The van der Waals surface area contributed by atoms with Gasteiger partial charge in [-0.1, -0.05) is 56.6 Å². The monoisotopic (exact) mass is 358 g/mol. The molecular weight excluding hydrogens is 336 g/mol. The van der Waals surface area contributed by atoms with Crippen LogP contribution in [0.4, 0.5) is 0 Å². The first-order chi connectivity index (χ1) is 11.8. The molecule has 0 aliphatic rings. The summed E-state index contributed by atoms with van der Waals surface area (Å²) in [6, 6.07) is 14.9. The Hall–Kier alpha value is -2.33. The van der Waals surface area contributed by atoms with Crippen molar-refractivity contribution in [1.29, 1.82) is 0 Å². The van der Waals surface area contributed by atoms with Crippen molar-refractivity contribution < 1.29 is 9.53 Å². The van der Waals surface area contributed by atoms with Crippen LogP contribution >= 0.6 is 11.6 Å². The van der Waals surface area contributed by atoms with Gasteiger partial charge in [0.1, 0.15) is 5.75 Å². The Labute approximate surface area is 153 Å². The maximum atomic E-state index is 12.0. The Morgan fingerprint density at radius 2 is 1.72 bits per heavy atom. The first-order valence-corrected chi connectivity index (χ1v) is 8.49. The molecule has 2 rings (SSSR count). The Morgan fingerprint density at radius 3 is 2.28 bits per heavy atom. The molecule has 0 spiro atoms. The molecule has 0 radical (unpaired) electrons. The molecule has 5 heteroatoms. The van der Waals surface area contributed by atoms with E-state index in [-0.39, 0.29) is 11.3 Å². The number of carbonyl (C=O) groups excluding carboxylic acids is 1. The van der Waals surface area contributed by atoms with E-state index in [1.807, 2.05) is 36.4 Å². The zero-order valence-electron chi connectivity index (χ0n) is 14.9. The molecule has 1 atom stereocenters. The summed E-state index contributed by atoms with van der Waals surface area (Å²) in [7, 11) is 0. The lowest BCUT2D eigenvalue weighted by Crippen LogP contribution is -2.33. The summed E-state index contributed by atoms with van der Waals surface area (Å²) < 4.78 is 5.66. The molecule has 0 saturated heterocycles. The van der Waals surface area contributed by atoms with Crippen LogP contribution < -0.4 is 10.2 Å². The van der Waals surface area contributed by atoms with Crippen molar-refractivity contribution in [3.8, 4) is 5.75 Å². The maximum absolute atomic E-state index is 12.0. The van der Waals surface area contributed by atoms with Crippen molar-refractivity contribution in [3.63, 3.8) is 0 Å². The number of nitrogens with one attached hydrogen (secondary N) is 1. The topological polar surface area (TPSA) is 50.7 Å². The highest BCUT2D eigenvalue weighted by Crippen LogP contribution is 2.24. The van der Waals surface area contributed by atoms with Gasteiger partial charge in [0, 0.05) is 5.02 Å². The van der Waals surface area contributed by atoms with E-state index >= 15 is 0 Å². The summed E-state index contributed by atoms with van der Waals surface area (Å²) in [6.07, 6.45) is 0.905. The third kappa shape index (κ3) is 5.91. The van der Waals surface area contributed by atoms with Crippen LogP contribution in [0.3, 0.4) is 0 Å². The summed E-state index contributed by atoms with van der Waals surface area (Å²) in [5, 5.41) is 4.59. The number of halogens is 1. The van der Waals surface area contributed by atoms with Crippen LogP contribution in [-0.4, -0.2) is 18.2 Å². The molecule has 2 aromatic carbocycles. The lowest BCUT2D eigenvalue weighted by molar-refractivity contribution is -0.127. The minimum atomic E-state index is -0.650. The third-order valence-electron chi connectivity index (χ3n) is 3.66. The third-order valence-corrected chi connectivity index (χ3v) is 3.91. The van der Waals surface area contributed by atoms with Gasteiger partial charge in [0.2, 0.25) is 0 Å². The number of hydrazone groups is 1. The highest BCUT2D eigenvalue weighted by molar-refractivity contribution is 6.30. The largest absolute Gasteiger partial charge is 0.481 e. The molecule has 0 fully saturated rings. The summed E-state index contributed by atoms with van der Waals surface area (Å²) in [6.45, 7) is 8.14. The van der Waals surface area contributed by atoms with Gasteiger partial charge in [-0.15, -0.1) is 0 Å². The lowest BCUT2D eigenvalue weighted by atomic mass is 9.87. The molecule has 4 nitrogen and oxygen atoms in total. The molecule has 0 aliphatic heterocycles. The Kier molecular flexibility index (Phi) is 6.21. The van der Waals surface area contributed by atoms with Crippen LogP contribution in [0, 0.1) is 0 Å². The summed E-state index contributed by atoms with van der Waals surface area (Å²) in [5.74, 6) is 0.336. The van der Waals surface area contributed by atoms with E-state index in [0.717, 1.165) is 5.56 Å². The molecule has 0 bridgehead atoms. The van der Waals surface area contributed by atoms with Crippen LogP contribution in [0.2, 0.25) is 5.02 Å². The van der Waals surface area contributed by atoms with E-state index in [4.69, 9.17) is 16.3 Å². The van der Waals surface area contributed by atoms with Gasteiger partial charge in [-0.2, -0.15) is 5.10 Å². The summed E-state index contributed by atoms with van der Waals surface area (Å²) >= 11 is 5.82. The van der Waals surface area contributed by atoms with E-state index in [1.165, 1.54) is 5.56 Å². The van der Waals surface area contributed by atoms with E-state index < -0.39 is 6.10 Å². The first-order valence-electron chi connectivity index (χ1n) is 8.11. The van der Waals surface area contributed by atoms with Gasteiger partial charge in [0.25, 0.3) is 5.91 Å². The van der Waals surface area contributed by atoms with Crippen LogP contribution in [0.15, 0.2) is 53.6 Å². The maximum Gasteiger partial charge on any atom is 0.280 e. The zero-order valence-corrected chi connectivity index (χ0v) is 15.7. The number of carbonyl (C=O) groups is 1. The van der Waals surface area contributed by atoms with Crippen LogP contribution in [0.5, 0.6) is 5.75 Å². The molecule has 1 amide bonds. The Bertz CT molecular complexity index is 732. The van der Waals surface area contributed by atoms with Gasteiger partial charge < -0.3 is 4.74 Å². The van der Waals surface area contributed by atoms with Gasteiger partial charge >= 0.3 is 0 Å². The molecule has 25 heavy (non-hydrogen) atoms. The smallest absolute Gasteiger partial charge is 0.280 e. The molecule has 132 valence electrons. The highest BCUT2D eigenvalue weighted by Gasteiger charge is 2.16. The van der Waals surface area contributed by atoms with Gasteiger partial charge in [-0.3, -0.25) is 4.79 Å².